The van der Waals surface area contributed by atoms with Crippen molar-refractivity contribution in [2.24, 2.45) is 5.92 Å². The zero-order valence-corrected chi connectivity index (χ0v) is 14.4. The molecule has 1 aliphatic heterocycles. The molecular weight excluding hydrogens is 294 g/mol. The molecule has 118 valence electrons. The van der Waals surface area contributed by atoms with Gasteiger partial charge in [-0.3, -0.25) is 0 Å². The topological polar surface area (TPSA) is 40.1 Å². The molecule has 0 bridgehead atoms. The Hall–Kier alpha value is -1.53. The molecule has 1 aliphatic rings. The molecule has 1 fully saturated rings. The molecule has 2 aromatic rings. The summed E-state index contributed by atoms with van der Waals surface area (Å²) in [6.07, 6.45) is 2.57. The summed E-state index contributed by atoms with van der Waals surface area (Å²) in [5.74, 6) is 0.850. The molecule has 0 amide bonds. The van der Waals surface area contributed by atoms with E-state index in [1.54, 1.807) is 9.58 Å². The van der Waals surface area contributed by atoms with Crippen molar-refractivity contribution in [3.05, 3.63) is 34.1 Å². The van der Waals surface area contributed by atoms with Crippen LogP contribution in [0.1, 0.15) is 30.9 Å². The van der Waals surface area contributed by atoms with Gasteiger partial charge >= 0.3 is 0 Å². The normalized spacial score (nSPS) is 22.0. The van der Waals surface area contributed by atoms with E-state index >= 15 is 0 Å². The second kappa shape index (κ2) is 6.30. The lowest BCUT2D eigenvalue weighted by atomic mass is 10.00. The van der Waals surface area contributed by atoms with Crippen LogP contribution in [-0.4, -0.2) is 32.9 Å². The summed E-state index contributed by atoms with van der Waals surface area (Å²) in [6, 6.07) is 6.26. The Labute approximate surface area is 136 Å². The number of likely N-dealkylation sites (tertiary alicyclic amines) is 1. The SMILES string of the molecule is Cc1ccc(-n2nnn(C[NH+]3CCC(C)CC3)c2=S)cc1C. The van der Waals surface area contributed by atoms with Crippen molar-refractivity contribution in [2.45, 2.75) is 40.3 Å². The van der Waals surface area contributed by atoms with E-state index in [1.807, 2.05) is 10.7 Å². The van der Waals surface area contributed by atoms with Gasteiger partial charge < -0.3 is 4.90 Å². The second-order valence-electron chi connectivity index (χ2n) is 6.53. The number of hydrogen-bond acceptors (Lipinski definition) is 3. The highest BCUT2D eigenvalue weighted by atomic mass is 32.1. The fourth-order valence-corrected chi connectivity index (χ4v) is 3.18. The number of nitrogens with zero attached hydrogens (tertiary/aromatic N) is 4. The third kappa shape index (κ3) is 3.13. The second-order valence-corrected chi connectivity index (χ2v) is 6.90. The maximum absolute atomic E-state index is 5.56. The molecule has 6 heteroatoms. The van der Waals surface area contributed by atoms with Gasteiger partial charge in [-0.05, 0) is 78.5 Å². The summed E-state index contributed by atoms with van der Waals surface area (Å²) in [5, 5.41) is 8.51. The van der Waals surface area contributed by atoms with Crippen molar-refractivity contribution in [3.63, 3.8) is 0 Å². The first kappa shape index (κ1) is 15.4. The van der Waals surface area contributed by atoms with Crippen molar-refractivity contribution in [1.82, 2.24) is 19.8 Å². The van der Waals surface area contributed by atoms with E-state index in [4.69, 9.17) is 12.2 Å². The lowest BCUT2D eigenvalue weighted by molar-refractivity contribution is -0.929. The Balaban J connectivity index is 1.80. The number of aromatic nitrogens is 4. The molecule has 5 nitrogen and oxygen atoms in total. The van der Waals surface area contributed by atoms with Crippen LogP contribution in [0.2, 0.25) is 0 Å². The van der Waals surface area contributed by atoms with Crippen molar-refractivity contribution in [2.75, 3.05) is 13.1 Å². The largest absolute Gasteiger partial charge is 0.316 e. The van der Waals surface area contributed by atoms with E-state index in [2.05, 4.69) is 43.3 Å². The summed E-state index contributed by atoms with van der Waals surface area (Å²) in [4.78, 5) is 1.54. The summed E-state index contributed by atoms with van der Waals surface area (Å²) in [7, 11) is 0. The Kier molecular flexibility index (Phi) is 4.40. The van der Waals surface area contributed by atoms with Gasteiger partial charge in [0.15, 0.2) is 6.67 Å². The minimum Gasteiger partial charge on any atom is -0.316 e. The van der Waals surface area contributed by atoms with E-state index in [1.165, 1.54) is 37.1 Å². The van der Waals surface area contributed by atoms with Crippen molar-refractivity contribution in [1.29, 1.82) is 0 Å². The molecule has 0 atom stereocenters. The lowest BCUT2D eigenvalue weighted by Gasteiger charge is -2.26. The van der Waals surface area contributed by atoms with Crippen LogP contribution in [0.15, 0.2) is 18.2 Å². The monoisotopic (exact) mass is 318 g/mol. The predicted molar refractivity (Wildman–Crippen MR) is 88.8 cm³/mol. The Morgan fingerprint density at radius 1 is 1.18 bits per heavy atom. The van der Waals surface area contributed by atoms with E-state index < -0.39 is 0 Å². The number of tetrazole rings is 1. The third-order valence-electron chi connectivity index (χ3n) is 4.73. The van der Waals surface area contributed by atoms with E-state index in [0.717, 1.165) is 18.3 Å². The first-order valence-electron chi connectivity index (χ1n) is 7.98. The summed E-state index contributed by atoms with van der Waals surface area (Å²) in [5.41, 5.74) is 3.50. The van der Waals surface area contributed by atoms with Crippen LogP contribution in [0, 0.1) is 24.5 Å². The fraction of sp³-hybridized carbons (Fsp3) is 0.562. The highest BCUT2D eigenvalue weighted by Gasteiger charge is 2.20. The molecule has 3 rings (SSSR count). The molecule has 0 aliphatic carbocycles. The van der Waals surface area contributed by atoms with Crippen LogP contribution in [0.4, 0.5) is 0 Å². The van der Waals surface area contributed by atoms with Crippen molar-refractivity contribution < 1.29 is 4.90 Å². The lowest BCUT2D eigenvalue weighted by Crippen LogP contribution is -3.12. The average molecular weight is 318 g/mol. The van der Waals surface area contributed by atoms with Crippen LogP contribution in [-0.2, 0) is 6.67 Å². The molecule has 22 heavy (non-hydrogen) atoms. The minimum atomic E-state index is 0.675. The van der Waals surface area contributed by atoms with Crippen molar-refractivity contribution in [3.8, 4) is 5.69 Å². The van der Waals surface area contributed by atoms with Crippen LogP contribution in [0.25, 0.3) is 5.69 Å². The van der Waals surface area contributed by atoms with E-state index in [-0.39, 0.29) is 0 Å². The van der Waals surface area contributed by atoms with Crippen LogP contribution < -0.4 is 4.90 Å². The van der Waals surface area contributed by atoms with Gasteiger partial charge in [-0.15, -0.1) is 0 Å². The number of quaternary nitrogens is 1. The predicted octanol–water partition coefficient (Wildman–Crippen LogP) is 1.69. The number of rotatable bonds is 3. The van der Waals surface area contributed by atoms with Crippen LogP contribution >= 0.6 is 12.2 Å². The summed E-state index contributed by atoms with van der Waals surface area (Å²) >= 11 is 5.56. The number of hydrogen-bond donors (Lipinski definition) is 1. The Morgan fingerprint density at radius 2 is 1.91 bits per heavy atom. The van der Waals surface area contributed by atoms with E-state index in [0.29, 0.717) is 4.77 Å². The van der Waals surface area contributed by atoms with Gasteiger partial charge in [-0.1, -0.05) is 13.0 Å². The molecular formula is C16H24N5S+. The molecule has 1 aromatic heterocycles. The fourth-order valence-electron chi connectivity index (χ4n) is 2.93. The van der Waals surface area contributed by atoms with Crippen LogP contribution in [0.3, 0.4) is 0 Å². The summed E-state index contributed by atoms with van der Waals surface area (Å²) in [6.45, 7) is 9.75. The maximum Gasteiger partial charge on any atom is 0.225 e. The van der Waals surface area contributed by atoms with E-state index in [9.17, 15) is 0 Å². The smallest absolute Gasteiger partial charge is 0.225 e. The molecule has 0 spiro atoms. The number of nitrogens with one attached hydrogen (secondary N) is 1. The van der Waals surface area contributed by atoms with Gasteiger partial charge in [0.25, 0.3) is 0 Å². The van der Waals surface area contributed by atoms with Gasteiger partial charge in [0, 0.05) is 0 Å². The average Bonchev–Trinajstić information content (AvgIpc) is 2.86. The van der Waals surface area contributed by atoms with Gasteiger partial charge in [-0.25, -0.2) is 0 Å². The third-order valence-corrected chi connectivity index (χ3v) is 5.11. The Bertz CT molecular complexity index is 710. The number of benzene rings is 1. The quantitative estimate of drug-likeness (QED) is 0.876. The first-order chi connectivity index (χ1) is 10.5. The van der Waals surface area contributed by atoms with Gasteiger partial charge in [0.2, 0.25) is 4.77 Å². The van der Waals surface area contributed by atoms with Gasteiger partial charge in [-0.2, -0.15) is 9.36 Å². The number of piperidine rings is 1. The minimum absolute atomic E-state index is 0.675. The number of aryl methyl sites for hydroxylation is 2. The molecule has 1 aromatic carbocycles. The highest BCUT2D eigenvalue weighted by Crippen LogP contribution is 2.13. The van der Waals surface area contributed by atoms with Crippen molar-refractivity contribution >= 4 is 12.2 Å². The van der Waals surface area contributed by atoms with Gasteiger partial charge in [0.1, 0.15) is 0 Å². The maximum atomic E-state index is 5.56. The molecule has 1 saturated heterocycles. The molecule has 1 N–H and O–H groups in total. The summed E-state index contributed by atoms with van der Waals surface area (Å²) < 4.78 is 4.29. The molecule has 0 radical (unpaired) electrons. The molecule has 2 heterocycles. The Morgan fingerprint density at radius 3 is 2.59 bits per heavy atom. The zero-order chi connectivity index (χ0) is 15.7. The van der Waals surface area contributed by atoms with Crippen LogP contribution in [0.5, 0.6) is 0 Å². The molecule has 0 unspecified atom stereocenters. The first-order valence-corrected chi connectivity index (χ1v) is 8.39. The molecule has 0 saturated carbocycles. The highest BCUT2D eigenvalue weighted by molar-refractivity contribution is 7.71. The van der Waals surface area contributed by atoms with Gasteiger partial charge in [0.05, 0.1) is 18.8 Å². The zero-order valence-electron chi connectivity index (χ0n) is 13.5. The standard InChI is InChI=1S/C16H23N5S/c1-12-6-8-19(9-7-12)11-20-16(22)21(18-17-20)15-5-4-13(2)14(3)10-15/h4-5,10,12H,6-9,11H2,1-3H3/p+1.